The second-order valence-electron chi connectivity index (χ2n) is 7.81. The van der Waals surface area contributed by atoms with Crippen LogP contribution in [-0.2, 0) is 19.1 Å². The molecule has 0 spiro atoms. The number of amides is 2. The fourth-order valence-corrected chi connectivity index (χ4v) is 3.73. The first-order chi connectivity index (χ1) is 13.2. The van der Waals surface area contributed by atoms with Crippen molar-refractivity contribution in [2.45, 2.75) is 56.8 Å². The Labute approximate surface area is 160 Å². The lowest BCUT2D eigenvalue weighted by Gasteiger charge is -2.36. The quantitative estimate of drug-likeness (QED) is 0.471. The lowest BCUT2D eigenvalue weighted by molar-refractivity contribution is -0.136. The van der Waals surface area contributed by atoms with Gasteiger partial charge in [-0.25, -0.2) is 0 Å². The van der Waals surface area contributed by atoms with Crippen molar-refractivity contribution in [3.8, 4) is 0 Å². The van der Waals surface area contributed by atoms with Gasteiger partial charge in [-0.05, 0) is 38.6 Å². The maximum atomic E-state index is 12.2. The van der Waals surface area contributed by atoms with Crippen molar-refractivity contribution in [2.24, 2.45) is 5.92 Å². The van der Waals surface area contributed by atoms with E-state index in [9.17, 15) is 14.7 Å². The predicted molar refractivity (Wildman–Crippen MR) is 99.1 cm³/mol. The number of carbonyl (C=O) groups excluding carboxylic acids is 2. The van der Waals surface area contributed by atoms with Crippen molar-refractivity contribution in [3.05, 3.63) is 0 Å². The average Bonchev–Trinajstić information content (AvgIpc) is 3.52. The molecule has 0 aromatic carbocycles. The van der Waals surface area contributed by atoms with Gasteiger partial charge in [0.2, 0.25) is 11.8 Å². The summed E-state index contributed by atoms with van der Waals surface area (Å²) in [6, 6.07) is -0.157. The third-order valence-electron chi connectivity index (χ3n) is 5.56. The highest BCUT2D eigenvalue weighted by molar-refractivity contribution is 5.81. The molecule has 8 heteroatoms. The summed E-state index contributed by atoms with van der Waals surface area (Å²) in [4.78, 5) is 26.4. The van der Waals surface area contributed by atoms with Gasteiger partial charge >= 0.3 is 0 Å². The Kier molecular flexibility index (Phi) is 7.87. The van der Waals surface area contributed by atoms with Crippen molar-refractivity contribution in [3.63, 3.8) is 0 Å². The monoisotopic (exact) mass is 383 g/mol. The van der Waals surface area contributed by atoms with Crippen LogP contribution in [0.5, 0.6) is 0 Å². The molecule has 0 unspecified atom stereocenters. The molecule has 0 aromatic heterocycles. The van der Waals surface area contributed by atoms with Gasteiger partial charge in [-0.3, -0.25) is 14.5 Å². The summed E-state index contributed by atoms with van der Waals surface area (Å²) in [7, 11) is 0. The molecular formula is C19H33N3O5. The second-order valence-corrected chi connectivity index (χ2v) is 7.81. The molecule has 2 heterocycles. The van der Waals surface area contributed by atoms with Crippen molar-refractivity contribution in [1.82, 2.24) is 15.5 Å². The Balaban J connectivity index is 1.30. The first-order valence-corrected chi connectivity index (χ1v) is 10.3. The maximum Gasteiger partial charge on any atom is 0.223 e. The number of ether oxygens (including phenoxy) is 2. The molecule has 3 fully saturated rings. The Hall–Kier alpha value is -1.22. The summed E-state index contributed by atoms with van der Waals surface area (Å²) in [5, 5.41) is 15.5. The Morgan fingerprint density at radius 1 is 1.11 bits per heavy atom. The van der Waals surface area contributed by atoms with Crippen LogP contribution in [0.15, 0.2) is 0 Å². The minimum atomic E-state index is -0.430. The van der Waals surface area contributed by atoms with Crippen LogP contribution in [0.4, 0.5) is 0 Å². The summed E-state index contributed by atoms with van der Waals surface area (Å²) in [5.74, 6) is 0.197. The van der Waals surface area contributed by atoms with Crippen LogP contribution in [-0.4, -0.2) is 86.1 Å². The number of hydrogen-bond acceptors (Lipinski definition) is 6. The van der Waals surface area contributed by atoms with Crippen molar-refractivity contribution >= 4 is 11.8 Å². The molecule has 3 atom stereocenters. The van der Waals surface area contributed by atoms with Gasteiger partial charge < -0.3 is 25.2 Å². The minimum Gasteiger partial charge on any atom is -0.394 e. The van der Waals surface area contributed by atoms with Crippen molar-refractivity contribution in [1.29, 1.82) is 0 Å². The molecule has 3 N–H and O–H groups in total. The SMILES string of the molecule is O=C(C[C@@H]1CC[C@H](NC(=O)C2CC2)[C@@H](CO)O1)NCCCN1CCOCC1. The van der Waals surface area contributed by atoms with Crippen molar-refractivity contribution in [2.75, 3.05) is 46.0 Å². The number of morpholine rings is 1. The number of aliphatic hydroxyl groups excluding tert-OH is 1. The number of nitrogens with one attached hydrogen (secondary N) is 2. The third kappa shape index (κ3) is 6.71. The van der Waals surface area contributed by atoms with E-state index in [-0.39, 0.29) is 36.5 Å². The third-order valence-corrected chi connectivity index (χ3v) is 5.56. The first kappa shape index (κ1) is 20.5. The molecule has 154 valence electrons. The number of rotatable bonds is 9. The van der Waals surface area contributed by atoms with E-state index < -0.39 is 6.10 Å². The van der Waals surface area contributed by atoms with E-state index in [1.165, 1.54) is 0 Å². The van der Waals surface area contributed by atoms with E-state index in [1.54, 1.807) is 0 Å². The fourth-order valence-electron chi connectivity index (χ4n) is 3.73. The molecule has 0 radical (unpaired) electrons. The number of aliphatic hydroxyl groups is 1. The molecule has 0 bridgehead atoms. The van der Waals surface area contributed by atoms with Crippen LogP contribution in [0.1, 0.15) is 38.5 Å². The van der Waals surface area contributed by atoms with E-state index in [0.29, 0.717) is 19.4 Å². The Morgan fingerprint density at radius 2 is 1.89 bits per heavy atom. The fraction of sp³-hybridized carbons (Fsp3) is 0.895. The number of hydrogen-bond donors (Lipinski definition) is 3. The highest BCUT2D eigenvalue weighted by atomic mass is 16.5. The minimum absolute atomic E-state index is 0.0147. The van der Waals surface area contributed by atoms with Crippen LogP contribution in [0.3, 0.4) is 0 Å². The molecule has 3 aliphatic rings. The summed E-state index contributed by atoms with van der Waals surface area (Å²) in [6.07, 6.45) is 3.96. The highest BCUT2D eigenvalue weighted by Crippen LogP contribution is 2.30. The molecule has 2 amide bonds. The van der Waals surface area contributed by atoms with Crippen LogP contribution in [0, 0.1) is 5.92 Å². The molecule has 0 aromatic rings. The van der Waals surface area contributed by atoms with E-state index in [4.69, 9.17) is 9.47 Å². The molecule has 8 nitrogen and oxygen atoms in total. The lowest BCUT2D eigenvalue weighted by atomic mass is 9.96. The second kappa shape index (κ2) is 10.4. The highest BCUT2D eigenvalue weighted by Gasteiger charge is 2.36. The van der Waals surface area contributed by atoms with Gasteiger partial charge in [0.1, 0.15) is 6.10 Å². The largest absolute Gasteiger partial charge is 0.394 e. The number of nitrogens with zero attached hydrogens (tertiary/aromatic N) is 1. The average molecular weight is 383 g/mol. The number of carbonyl (C=O) groups is 2. The van der Waals surface area contributed by atoms with Crippen LogP contribution in [0.25, 0.3) is 0 Å². The maximum absolute atomic E-state index is 12.2. The molecule has 2 aliphatic heterocycles. The van der Waals surface area contributed by atoms with Gasteiger partial charge in [-0.2, -0.15) is 0 Å². The van der Waals surface area contributed by atoms with Gasteiger partial charge in [0.05, 0.1) is 38.4 Å². The van der Waals surface area contributed by atoms with E-state index in [0.717, 1.165) is 58.5 Å². The van der Waals surface area contributed by atoms with E-state index in [1.807, 2.05) is 0 Å². The molecule has 3 rings (SSSR count). The Bertz CT molecular complexity index is 494. The summed E-state index contributed by atoms with van der Waals surface area (Å²) >= 11 is 0. The smallest absolute Gasteiger partial charge is 0.223 e. The standard InChI is InChI=1S/C19H33N3O5/c23-13-17-16(21-19(25)14-2-3-14)5-4-15(27-17)12-18(24)20-6-1-7-22-8-10-26-11-9-22/h14-17,23H,1-13H2,(H,20,24)(H,21,25)/t15-,16-,17+/m0/s1. The van der Waals surface area contributed by atoms with Crippen LogP contribution >= 0.6 is 0 Å². The molecule has 1 aliphatic carbocycles. The molecular weight excluding hydrogens is 350 g/mol. The van der Waals surface area contributed by atoms with E-state index >= 15 is 0 Å². The van der Waals surface area contributed by atoms with Gasteiger partial charge in [0, 0.05) is 25.6 Å². The zero-order valence-electron chi connectivity index (χ0n) is 16.0. The van der Waals surface area contributed by atoms with Gasteiger partial charge in [0.25, 0.3) is 0 Å². The molecule has 1 saturated carbocycles. The van der Waals surface area contributed by atoms with Crippen LogP contribution in [0.2, 0.25) is 0 Å². The molecule has 2 saturated heterocycles. The van der Waals surface area contributed by atoms with Crippen LogP contribution < -0.4 is 10.6 Å². The Morgan fingerprint density at radius 3 is 2.59 bits per heavy atom. The zero-order chi connectivity index (χ0) is 19.1. The lowest BCUT2D eigenvalue weighted by Crippen LogP contribution is -2.51. The van der Waals surface area contributed by atoms with Gasteiger partial charge in [0.15, 0.2) is 0 Å². The van der Waals surface area contributed by atoms with Gasteiger partial charge in [-0.15, -0.1) is 0 Å². The summed E-state index contributed by atoms with van der Waals surface area (Å²) in [5.41, 5.74) is 0. The summed E-state index contributed by atoms with van der Waals surface area (Å²) in [6.45, 7) is 4.99. The molecule has 27 heavy (non-hydrogen) atoms. The summed E-state index contributed by atoms with van der Waals surface area (Å²) < 4.78 is 11.2. The predicted octanol–water partition coefficient (Wildman–Crippen LogP) is -0.350. The zero-order valence-corrected chi connectivity index (χ0v) is 16.0. The first-order valence-electron chi connectivity index (χ1n) is 10.3. The van der Waals surface area contributed by atoms with E-state index in [2.05, 4.69) is 15.5 Å². The van der Waals surface area contributed by atoms with Gasteiger partial charge in [-0.1, -0.05) is 0 Å². The topological polar surface area (TPSA) is 100 Å². The normalized spacial score (nSPS) is 29.3. The van der Waals surface area contributed by atoms with Crippen molar-refractivity contribution < 1.29 is 24.2 Å².